The van der Waals surface area contributed by atoms with Crippen LogP contribution in [0.25, 0.3) is 0 Å². The van der Waals surface area contributed by atoms with Crippen LogP contribution in [0, 0.1) is 0 Å². The standard InChI is InChI=1S/C12H19N5S/c1-12(2,3)17-7-11(15-16-17)6-13-5-4-10-8-18-9-14-10/h7-9,13H,4-6H2,1-3H3. The fourth-order valence-corrected chi connectivity index (χ4v) is 2.09. The van der Waals surface area contributed by atoms with Crippen molar-refractivity contribution in [2.45, 2.75) is 39.3 Å². The van der Waals surface area contributed by atoms with Crippen molar-refractivity contribution in [3.05, 3.63) is 28.5 Å². The zero-order valence-electron chi connectivity index (χ0n) is 11.1. The minimum absolute atomic E-state index is 0.00809. The molecule has 5 nitrogen and oxygen atoms in total. The quantitative estimate of drug-likeness (QED) is 0.838. The normalized spacial score (nSPS) is 11.9. The second kappa shape index (κ2) is 5.58. The molecule has 0 fully saturated rings. The predicted octanol–water partition coefficient (Wildman–Crippen LogP) is 1.82. The number of thiazole rings is 1. The van der Waals surface area contributed by atoms with E-state index in [0.29, 0.717) is 0 Å². The molecule has 0 saturated carbocycles. The second-order valence-electron chi connectivity index (χ2n) is 5.23. The molecule has 98 valence electrons. The Balaban J connectivity index is 1.75. The SMILES string of the molecule is CC(C)(C)n1cc(CNCCc2cscn2)nn1. The third-order valence-electron chi connectivity index (χ3n) is 2.58. The minimum atomic E-state index is -0.00809. The van der Waals surface area contributed by atoms with Gasteiger partial charge in [-0.05, 0) is 20.8 Å². The first-order valence-corrected chi connectivity index (χ1v) is 6.99. The van der Waals surface area contributed by atoms with Crippen molar-refractivity contribution in [1.29, 1.82) is 0 Å². The summed E-state index contributed by atoms with van der Waals surface area (Å²) < 4.78 is 1.89. The van der Waals surface area contributed by atoms with Gasteiger partial charge >= 0.3 is 0 Å². The lowest BCUT2D eigenvalue weighted by atomic mass is 10.1. The molecule has 0 bridgehead atoms. The maximum absolute atomic E-state index is 4.24. The van der Waals surface area contributed by atoms with E-state index in [4.69, 9.17) is 0 Å². The van der Waals surface area contributed by atoms with Crippen LogP contribution < -0.4 is 5.32 Å². The van der Waals surface area contributed by atoms with E-state index in [1.54, 1.807) is 11.3 Å². The first-order valence-electron chi connectivity index (χ1n) is 6.05. The fourth-order valence-electron chi connectivity index (χ4n) is 1.50. The highest BCUT2D eigenvalue weighted by Crippen LogP contribution is 2.11. The minimum Gasteiger partial charge on any atom is -0.311 e. The first kappa shape index (κ1) is 13.2. The van der Waals surface area contributed by atoms with Crippen molar-refractivity contribution in [2.24, 2.45) is 0 Å². The third kappa shape index (κ3) is 3.61. The summed E-state index contributed by atoms with van der Waals surface area (Å²) in [6.45, 7) is 8.00. The average Bonchev–Trinajstić information content (AvgIpc) is 2.95. The Morgan fingerprint density at radius 2 is 2.17 bits per heavy atom. The molecule has 2 aromatic heterocycles. The van der Waals surface area contributed by atoms with Crippen LogP contribution >= 0.6 is 11.3 Å². The molecule has 0 aliphatic heterocycles. The molecular weight excluding hydrogens is 246 g/mol. The van der Waals surface area contributed by atoms with Crippen LogP contribution in [-0.2, 0) is 18.5 Å². The van der Waals surface area contributed by atoms with Gasteiger partial charge < -0.3 is 5.32 Å². The molecule has 18 heavy (non-hydrogen) atoms. The molecule has 0 atom stereocenters. The number of nitrogens with zero attached hydrogens (tertiary/aromatic N) is 4. The highest BCUT2D eigenvalue weighted by molar-refractivity contribution is 7.07. The van der Waals surface area contributed by atoms with Gasteiger partial charge in [-0.3, -0.25) is 0 Å². The Bertz CT molecular complexity index is 469. The van der Waals surface area contributed by atoms with Crippen LogP contribution in [0.3, 0.4) is 0 Å². The smallest absolute Gasteiger partial charge is 0.0965 e. The molecule has 0 saturated heterocycles. The number of nitrogens with one attached hydrogen (secondary N) is 1. The van der Waals surface area contributed by atoms with Gasteiger partial charge in [0.1, 0.15) is 0 Å². The molecule has 2 heterocycles. The Morgan fingerprint density at radius 1 is 1.33 bits per heavy atom. The lowest BCUT2D eigenvalue weighted by molar-refractivity contribution is 0.347. The summed E-state index contributed by atoms with van der Waals surface area (Å²) in [5.74, 6) is 0. The van der Waals surface area contributed by atoms with Crippen LogP contribution in [0.1, 0.15) is 32.2 Å². The van der Waals surface area contributed by atoms with Crippen LogP contribution in [-0.4, -0.2) is 26.5 Å². The highest BCUT2D eigenvalue weighted by atomic mass is 32.1. The Hall–Kier alpha value is -1.27. The van der Waals surface area contributed by atoms with Crippen molar-refractivity contribution < 1.29 is 0 Å². The van der Waals surface area contributed by atoms with Gasteiger partial charge in [0.25, 0.3) is 0 Å². The van der Waals surface area contributed by atoms with E-state index < -0.39 is 0 Å². The second-order valence-corrected chi connectivity index (χ2v) is 5.95. The Morgan fingerprint density at radius 3 is 2.78 bits per heavy atom. The van der Waals surface area contributed by atoms with E-state index in [0.717, 1.165) is 30.9 Å². The summed E-state index contributed by atoms with van der Waals surface area (Å²) in [6.07, 6.45) is 2.95. The third-order valence-corrected chi connectivity index (χ3v) is 3.21. The van der Waals surface area contributed by atoms with Crippen molar-refractivity contribution in [3.8, 4) is 0 Å². The molecule has 0 spiro atoms. The molecule has 0 radical (unpaired) electrons. The zero-order chi connectivity index (χ0) is 13.0. The predicted molar refractivity (Wildman–Crippen MR) is 72.5 cm³/mol. The first-order chi connectivity index (χ1) is 8.55. The van der Waals surface area contributed by atoms with Crippen LogP contribution in [0.2, 0.25) is 0 Å². The maximum Gasteiger partial charge on any atom is 0.0965 e. The summed E-state index contributed by atoms with van der Waals surface area (Å²) in [6, 6.07) is 0. The zero-order valence-corrected chi connectivity index (χ0v) is 11.9. The average molecular weight is 265 g/mol. The molecule has 0 aliphatic carbocycles. The van der Waals surface area contributed by atoms with Gasteiger partial charge in [0.15, 0.2) is 0 Å². The molecule has 0 aromatic carbocycles. The summed E-state index contributed by atoms with van der Waals surface area (Å²) in [7, 11) is 0. The van der Waals surface area contributed by atoms with E-state index in [9.17, 15) is 0 Å². The van der Waals surface area contributed by atoms with Gasteiger partial charge in [0, 0.05) is 24.9 Å². The Kier molecular flexibility index (Phi) is 4.08. The topological polar surface area (TPSA) is 55.6 Å². The van der Waals surface area contributed by atoms with E-state index in [1.807, 2.05) is 16.4 Å². The van der Waals surface area contributed by atoms with Gasteiger partial charge in [-0.15, -0.1) is 16.4 Å². The fraction of sp³-hybridized carbons (Fsp3) is 0.583. The summed E-state index contributed by atoms with van der Waals surface area (Å²) in [5.41, 5.74) is 3.98. The monoisotopic (exact) mass is 265 g/mol. The van der Waals surface area contributed by atoms with E-state index in [2.05, 4.69) is 46.8 Å². The molecule has 2 aromatic rings. The van der Waals surface area contributed by atoms with E-state index in [1.165, 1.54) is 0 Å². The summed E-state index contributed by atoms with van der Waals surface area (Å²) in [4.78, 5) is 4.24. The van der Waals surface area contributed by atoms with Crippen molar-refractivity contribution in [1.82, 2.24) is 25.3 Å². The van der Waals surface area contributed by atoms with Crippen LogP contribution in [0.5, 0.6) is 0 Å². The van der Waals surface area contributed by atoms with Gasteiger partial charge in [-0.1, -0.05) is 5.21 Å². The molecule has 0 amide bonds. The van der Waals surface area contributed by atoms with E-state index in [-0.39, 0.29) is 5.54 Å². The molecular formula is C12H19N5S. The lowest BCUT2D eigenvalue weighted by Gasteiger charge is -2.17. The maximum atomic E-state index is 4.24. The summed E-state index contributed by atoms with van der Waals surface area (Å²) in [5, 5.41) is 13.7. The Labute approximate surface area is 111 Å². The largest absolute Gasteiger partial charge is 0.311 e. The highest BCUT2D eigenvalue weighted by Gasteiger charge is 2.14. The summed E-state index contributed by atoms with van der Waals surface area (Å²) >= 11 is 1.64. The number of hydrogen-bond acceptors (Lipinski definition) is 5. The van der Waals surface area contributed by atoms with Gasteiger partial charge in [0.05, 0.1) is 28.6 Å². The molecule has 0 unspecified atom stereocenters. The van der Waals surface area contributed by atoms with Gasteiger partial charge in [-0.2, -0.15) is 0 Å². The van der Waals surface area contributed by atoms with Crippen molar-refractivity contribution in [3.63, 3.8) is 0 Å². The molecule has 1 N–H and O–H groups in total. The lowest BCUT2D eigenvalue weighted by Crippen LogP contribution is -2.22. The molecule has 2 rings (SSSR count). The van der Waals surface area contributed by atoms with Gasteiger partial charge in [-0.25, -0.2) is 9.67 Å². The van der Waals surface area contributed by atoms with Gasteiger partial charge in [0.2, 0.25) is 0 Å². The van der Waals surface area contributed by atoms with Crippen LogP contribution in [0.4, 0.5) is 0 Å². The molecule has 6 heteroatoms. The number of rotatable bonds is 5. The number of hydrogen-bond donors (Lipinski definition) is 1. The van der Waals surface area contributed by atoms with Crippen molar-refractivity contribution >= 4 is 11.3 Å². The van der Waals surface area contributed by atoms with E-state index >= 15 is 0 Å². The van der Waals surface area contributed by atoms with Crippen LogP contribution in [0.15, 0.2) is 17.1 Å². The number of aromatic nitrogens is 4. The van der Waals surface area contributed by atoms with Crippen molar-refractivity contribution in [2.75, 3.05) is 6.54 Å². The molecule has 0 aliphatic rings.